The van der Waals surface area contributed by atoms with Crippen LogP contribution in [0.25, 0.3) is 0 Å². The molecule has 0 atom stereocenters. The fraction of sp³-hybridized carbons (Fsp3) is 0.250. The third-order valence-corrected chi connectivity index (χ3v) is 1.93. The Kier molecular flexibility index (Phi) is 3.81. The van der Waals surface area contributed by atoms with Crippen LogP contribution < -0.4 is 0 Å². The molecule has 0 aliphatic heterocycles. The van der Waals surface area contributed by atoms with Crippen molar-refractivity contribution < 1.29 is 0 Å². The number of benzene rings is 1. The van der Waals surface area contributed by atoms with Gasteiger partial charge in [-0.25, -0.2) is 0 Å². The highest BCUT2D eigenvalue weighted by Gasteiger charge is 2.04. The van der Waals surface area contributed by atoms with Gasteiger partial charge in [-0.15, -0.1) is 0 Å². The summed E-state index contributed by atoms with van der Waals surface area (Å²) in [6.07, 6.45) is 1.78. The zero-order valence-corrected chi connectivity index (χ0v) is 7.65. The van der Waals surface area contributed by atoms with E-state index in [0.717, 1.165) is 12.7 Å². The van der Waals surface area contributed by atoms with Gasteiger partial charge in [0.2, 0.25) is 0 Å². The first kappa shape index (κ1) is 8.96. The van der Waals surface area contributed by atoms with Gasteiger partial charge in [-0.05, 0) is 18.3 Å². The van der Waals surface area contributed by atoms with Gasteiger partial charge in [-0.2, -0.15) is 22.9 Å². The van der Waals surface area contributed by atoms with Crippen LogP contribution in [0.3, 0.4) is 0 Å². The van der Waals surface area contributed by atoms with Gasteiger partial charge in [0.1, 0.15) is 0 Å². The summed E-state index contributed by atoms with van der Waals surface area (Å²) < 4.78 is 0. The average Bonchev–Trinajstić information content (AvgIpc) is 2.03. The zero-order chi connectivity index (χ0) is 8.10. The molecule has 0 saturated heterocycles. The number of aryl methyl sites for hydroxylation is 1. The van der Waals surface area contributed by atoms with Gasteiger partial charge in [0.25, 0.3) is 0 Å². The summed E-state index contributed by atoms with van der Waals surface area (Å²) in [6.45, 7) is 0. The molecule has 11 heavy (non-hydrogen) atoms. The van der Waals surface area contributed by atoms with Gasteiger partial charge in [0, 0.05) is 0 Å². The maximum absolute atomic E-state index is 5.59. The van der Waals surface area contributed by atoms with Crippen LogP contribution in [0.2, 0.25) is 6.32 Å². The van der Waals surface area contributed by atoms with Crippen LogP contribution in [0.5, 0.6) is 0 Å². The molecule has 3 heteroatoms. The summed E-state index contributed by atoms with van der Waals surface area (Å²) in [7, 11) is 0. The summed E-state index contributed by atoms with van der Waals surface area (Å²) in [5, 5.41) is 0. The molecule has 0 aliphatic rings. The Balaban J connectivity index is 2.39. The van der Waals surface area contributed by atoms with Gasteiger partial charge < -0.3 is 0 Å². The average molecular weight is 187 g/mol. The van der Waals surface area contributed by atoms with E-state index in [-0.39, 0.29) is 5.54 Å². The maximum Gasteiger partial charge on any atom is 0.351 e. The van der Waals surface area contributed by atoms with E-state index in [4.69, 9.17) is 22.9 Å². The number of halogens is 2. The van der Waals surface area contributed by atoms with E-state index in [1.807, 2.05) is 18.2 Å². The standard InChI is InChI=1S/C8H9BCl2/c10-9(11)7-6-8-4-2-1-3-5-8/h1-5H,6-7H2. The fourth-order valence-corrected chi connectivity index (χ4v) is 1.14. The Morgan fingerprint density at radius 1 is 1.09 bits per heavy atom. The van der Waals surface area contributed by atoms with Crippen LogP contribution in [-0.4, -0.2) is 5.54 Å². The second-order valence-corrected chi connectivity index (χ2v) is 3.69. The van der Waals surface area contributed by atoms with Crippen LogP contribution in [0.15, 0.2) is 30.3 Å². The molecular formula is C8H9BCl2. The largest absolute Gasteiger partial charge is 0.351 e. The van der Waals surface area contributed by atoms with Crippen molar-refractivity contribution in [3.05, 3.63) is 35.9 Å². The minimum Gasteiger partial charge on any atom is -0.172 e. The normalized spacial score (nSPS) is 9.64. The molecule has 0 amide bonds. The number of rotatable bonds is 3. The van der Waals surface area contributed by atoms with Gasteiger partial charge >= 0.3 is 5.54 Å². The van der Waals surface area contributed by atoms with Crippen molar-refractivity contribution in [3.8, 4) is 0 Å². The lowest BCUT2D eigenvalue weighted by Crippen LogP contribution is -1.94. The first-order chi connectivity index (χ1) is 5.29. The molecule has 0 fully saturated rings. The lowest BCUT2D eigenvalue weighted by atomic mass is 9.95. The summed E-state index contributed by atoms with van der Waals surface area (Å²) in [5.41, 5.74) is 1.05. The van der Waals surface area contributed by atoms with Crippen LogP contribution in [-0.2, 0) is 6.42 Å². The Hall–Kier alpha value is -0.135. The highest BCUT2D eigenvalue weighted by Crippen LogP contribution is 2.09. The Labute approximate surface area is 77.4 Å². The van der Waals surface area contributed by atoms with Gasteiger partial charge in [0.05, 0.1) is 0 Å². The third kappa shape index (κ3) is 3.69. The molecule has 0 unspecified atom stereocenters. The Bertz CT molecular complexity index is 199. The van der Waals surface area contributed by atoms with E-state index in [0.29, 0.717) is 0 Å². The Morgan fingerprint density at radius 3 is 2.27 bits per heavy atom. The minimum absolute atomic E-state index is 0.241. The first-order valence-electron chi connectivity index (χ1n) is 3.61. The van der Waals surface area contributed by atoms with Crippen molar-refractivity contribution in [1.29, 1.82) is 0 Å². The van der Waals surface area contributed by atoms with Crippen molar-refractivity contribution in [3.63, 3.8) is 0 Å². The third-order valence-electron chi connectivity index (χ3n) is 1.49. The fourth-order valence-electron chi connectivity index (χ4n) is 0.920. The van der Waals surface area contributed by atoms with E-state index in [2.05, 4.69) is 12.1 Å². The highest BCUT2D eigenvalue weighted by molar-refractivity contribution is 7.33. The van der Waals surface area contributed by atoms with E-state index in [1.54, 1.807) is 0 Å². The first-order valence-corrected chi connectivity index (χ1v) is 4.48. The van der Waals surface area contributed by atoms with Crippen molar-refractivity contribution in [2.75, 3.05) is 0 Å². The van der Waals surface area contributed by atoms with E-state index >= 15 is 0 Å². The van der Waals surface area contributed by atoms with Crippen LogP contribution >= 0.6 is 22.9 Å². The maximum atomic E-state index is 5.59. The SMILES string of the molecule is ClB(Cl)CCc1ccccc1. The Morgan fingerprint density at radius 2 is 1.73 bits per heavy atom. The molecule has 0 bridgehead atoms. The molecule has 1 rings (SSSR count). The second-order valence-electron chi connectivity index (χ2n) is 2.42. The van der Waals surface area contributed by atoms with Gasteiger partial charge in [-0.3, -0.25) is 0 Å². The molecule has 58 valence electrons. The van der Waals surface area contributed by atoms with Crippen LogP contribution in [0.4, 0.5) is 0 Å². The lowest BCUT2D eigenvalue weighted by Gasteiger charge is -1.97. The van der Waals surface area contributed by atoms with Crippen LogP contribution in [0, 0.1) is 0 Å². The molecule has 0 spiro atoms. The summed E-state index contributed by atoms with van der Waals surface area (Å²) >= 11 is 11.2. The lowest BCUT2D eigenvalue weighted by molar-refractivity contribution is 1.13. The topological polar surface area (TPSA) is 0 Å². The summed E-state index contributed by atoms with van der Waals surface area (Å²) in [4.78, 5) is 0. The quantitative estimate of drug-likeness (QED) is 0.637. The number of hydrogen-bond donors (Lipinski definition) is 0. The molecule has 0 nitrogen and oxygen atoms in total. The molecule has 1 aromatic carbocycles. The van der Waals surface area contributed by atoms with Crippen molar-refractivity contribution in [1.82, 2.24) is 0 Å². The van der Waals surface area contributed by atoms with E-state index < -0.39 is 0 Å². The smallest absolute Gasteiger partial charge is 0.172 e. The summed E-state index contributed by atoms with van der Waals surface area (Å²) in [5.74, 6) is 0. The van der Waals surface area contributed by atoms with E-state index in [1.165, 1.54) is 5.56 Å². The van der Waals surface area contributed by atoms with Crippen molar-refractivity contribution >= 4 is 28.5 Å². The molecule has 0 saturated carbocycles. The number of hydrogen-bond acceptors (Lipinski definition) is 0. The van der Waals surface area contributed by atoms with Crippen molar-refractivity contribution in [2.24, 2.45) is 0 Å². The predicted octanol–water partition coefficient (Wildman–Crippen LogP) is 3.19. The van der Waals surface area contributed by atoms with Crippen molar-refractivity contribution in [2.45, 2.75) is 12.7 Å². The minimum atomic E-state index is -0.241. The molecule has 0 radical (unpaired) electrons. The molecule has 0 N–H and O–H groups in total. The molecule has 1 aromatic rings. The van der Waals surface area contributed by atoms with Gasteiger partial charge in [-0.1, -0.05) is 30.3 Å². The molecule has 0 aromatic heterocycles. The van der Waals surface area contributed by atoms with Gasteiger partial charge in [0.15, 0.2) is 0 Å². The second kappa shape index (κ2) is 4.68. The van der Waals surface area contributed by atoms with Crippen LogP contribution in [0.1, 0.15) is 5.56 Å². The molecule has 0 aliphatic carbocycles. The monoisotopic (exact) mass is 186 g/mol. The molecular weight excluding hydrogens is 178 g/mol. The highest BCUT2D eigenvalue weighted by atomic mass is 35.5. The predicted molar refractivity (Wildman–Crippen MR) is 52.4 cm³/mol. The summed E-state index contributed by atoms with van der Waals surface area (Å²) in [6, 6.07) is 10.2. The zero-order valence-electron chi connectivity index (χ0n) is 6.13. The molecule has 0 heterocycles. The van der Waals surface area contributed by atoms with E-state index in [9.17, 15) is 0 Å².